The van der Waals surface area contributed by atoms with E-state index in [0.717, 1.165) is 23.7 Å². The van der Waals surface area contributed by atoms with Crippen molar-refractivity contribution < 1.29 is 4.42 Å². The van der Waals surface area contributed by atoms with Crippen molar-refractivity contribution in [1.82, 2.24) is 0 Å². The number of furan rings is 1. The molecule has 1 heterocycles. The lowest BCUT2D eigenvalue weighted by Gasteiger charge is -2.21. The molecule has 0 unspecified atom stereocenters. The number of nitrogen functional groups attached to an aromatic ring is 1. The monoisotopic (exact) mass is 230 g/mol. The summed E-state index contributed by atoms with van der Waals surface area (Å²) < 4.78 is 5.29. The largest absolute Gasteiger partial charge is 0.469 e. The van der Waals surface area contributed by atoms with Gasteiger partial charge in [0.25, 0.3) is 0 Å². The van der Waals surface area contributed by atoms with Gasteiger partial charge >= 0.3 is 0 Å². The Balaban J connectivity index is 2.20. The van der Waals surface area contributed by atoms with Crippen LogP contribution in [0.3, 0.4) is 0 Å². The van der Waals surface area contributed by atoms with Crippen molar-refractivity contribution in [3.05, 3.63) is 47.4 Å². The van der Waals surface area contributed by atoms with E-state index in [1.165, 1.54) is 11.1 Å². The molecule has 0 atom stereocenters. The van der Waals surface area contributed by atoms with E-state index in [-0.39, 0.29) is 0 Å². The summed E-state index contributed by atoms with van der Waals surface area (Å²) in [6.45, 7) is 4.82. The van der Waals surface area contributed by atoms with Gasteiger partial charge in [0.2, 0.25) is 0 Å². The average Bonchev–Trinajstić information content (AvgIpc) is 2.64. The fraction of sp³-hybridized carbons (Fsp3) is 0.286. The van der Waals surface area contributed by atoms with Crippen LogP contribution in [0.25, 0.3) is 0 Å². The molecule has 90 valence electrons. The maximum atomic E-state index is 6.02. The Hall–Kier alpha value is -1.90. The Morgan fingerprint density at radius 3 is 2.59 bits per heavy atom. The van der Waals surface area contributed by atoms with Crippen molar-refractivity contribution in [2.75, 3.05) is 17.7 Å². The zero-order chi connectivity index (χ0) is 12.4. The van der Waals surface area contributed by atoms with Gasteiger partial charge in [0.15, 0.2) is 0 Å². The summed E-state index contributed by atoms with van der Waals surface area (Å²) in [6.07, 6.45) is 1.72. The Morgan fingerprint density at radius 1 is 1.24 bits per heavy atom. The molecule has 0 spiro atoms. The molecule has 2 rings (SSSR count). The minimum Gasteiger partial charge on any atom is -0.469 e. The highest BCUT2D eigenvalue weighted by Crippen LogP contribution is 2.25. The molecular formula is C14H18N2O. The molecule has 0 bridgehead atoms. The third-order valence-electron chi connectivity index (χ3n) is 2.97. The summed E-state index contributed by atoms with van der Waals surface area (Å²) >= 11 is 0. The molecule has 0 saturated heterocycles. The van der Waals surface area contributed by atoms with Crippen molar-refractivity contribution in [2.24, 2.45) is 0 Å². The summed E-state index contributed by atoms with van der Waals surface area (Å²) in [5.41, 5.74) is 10.3. The summed E-state index contributed by atoms with van der Waals surface area (Å²) in [5.74, 6) is 0.961. The van der Waals surface area contributed by atoms with E-state index in [0.29, 0.717) is 0 Å². The van der Waals surface area contributed by atoms with Gasteiger partial charge in [-0.25, -0.2) is 0 Å². The number of hydrogen-bond acceptors (Lipinski definition) is 3. The highest BCUT2D eigenvalue weighted by Gasteiger charge is 2.08. The summed E-state index contributed by atoms with van der Waals surface area (Å²) in [6, 6.07) is 8.12. The summed E-state index contributed by atoms with van der Waals surface area (Å²) in [7, 11) is 2.04. The minimum atomic E-state index is 0.801. The highest BCUT2D eigenvalue weighted by molar-refractivity contribution is 5.68. The normalized spacial score (nSPS) is 10.5. The Morgan fingerprint density at radius 2 is 2.00 bits per heavy atom. The number of hydrogen-bond donors (Lipinski definition) is 1. The van der Waals surface area contributed by atoms with Crippen LogP contribution in [-0.2, 0) is 6.54 Å². The number of nitrogens with zero attached hydrogens (tertiary/aromatic N) is 1. The number of anilines is 2. The molecule has 0 fully saturated rings. The molecule has 0 radical (unpaired) electrons. The van der Waals surface area contributed by atoms with E-state index in [1.54, 1.807) is 6.26 Å². The van der Waals surface area contributed by atoms with Crippen LogP contribution < -0.4 is 10.6 Å². The van der Waals surface area contributed by atoms with Gasteiger partial charge in [-0.05, 0) is 37.6 Å². The summed E-state index contributed by atoms with van der Waals surface area (Å²) in [5, 5.41) is 0. The Labute approximate surface area is 102 Å². The van der Waals surface area contributed by atoms with Crippen molar-refractivity contribution >= 4 is 11.4 Å². The average molecular weight is 230 g/mol. The first kappa shape index (κ1) is 11.6. The van der Waals surface area contributed by atoms with Gasteiger partial charge in [-0.3, -0.25) is 0 Å². The second-order valence-corrected chi connectivity index (χ2v) is 4.42. The second-order valence-electron chi connectivity index (χ2n) is 4.42. The van der Waals surface area contributed by atoms with Crippen LogP contribution in [0.15, 0.2) is 34.9 Å². The van der Waals surface area contributed by atoms with Crippen LogP contribution in [0.5, 0.6) is 0 Å². The standard InChI is InChI=1S/C14H18N2O/c1-10-4-5-14(13(15)8-10)16(3)9-12-6-7-17-11(12)2/h4-8H,9,15H2,1-3H3. The first-order valence-electron chi connectivity index (χ1n) is 5.68. The zero-order valence-electron chi connectivity index (χ0n) is 10.5. The van der Waals surface area contributed by atoms with Crippen LogP contribution in [0, 0.1) is 13.8 Å². The third-order valence-corrected chi connectivity index (χ3v) is 2.97. The zero-order valence-corrected chi connectivity index (χ0v) is 10.5. The fourth-order valence-corrected chi connectivity index (χ4v) is 1.94. The molecule has 2 N–H and O–H groups in total. The van der Waals surface area contributed by atoms with Crippen molar-refractivity contribution in [2.45, 2.75) is 20.4 Å². The lowest BCUT2D eigenvalue weighted by Crippen LogP contribution is -2.17. The molecule has 0 aliphatic rings. The molecule has 0 amide bonds. The van der Waals surface area contributed by atoms with Crippen LogP contribution >= 0.6 is 0 Å². The fourth-order valence-electron chi connectivity index (χ4n) is 1.94. The quantitative estimate of drug-likeness (QED) is 0.824. The Bertz CT molecular complexity index is 517. The van der Waals surface area contributed by atoms with Crippen LogP contribution in [0.4, 0.5) is 11.4 Å². The van der Waals surface area contributed by atoms with Crippen LogP contribution in [0.1, 0.15) is 16.9 Å². The van der Waals surface area contributed by atoms with Gasteiger partial charge in [-0.2, -0.15) is 0 Å². The molecule has 17 heavy (non-hydrogen) atoms. The van der Waals surface area contributed by atoms with Crippen molar-refractivity contribution in [3.63, 3.8) is 0 Å². The number of aryl methyl sites for hydroxylation is 2. The van der Waals surface area contributed by atoms with E-state index < -0.39 is 0 Å². The molecule has 0 saturated carbocycles. The molecule has 1 aromatic heterocycles. The SMILES string of the molecule is Cc1ccc(N(C)Cc2ccoc2C)c(N)c1. The van der Waals surface area contributed by atoms with E-state index in [9.17, 15) is 0 Å². The van der Waals surface area contributed by atoms with Gasteiger partial charge in [0.05, 0.1) is 17.6 Å². The lowest BCUT2D eigenvalue weighted by atomic mass is 10.1. The molecule has 0 aliphatic carbocycles. The van der Waals surface area contributed by atoms with Crippen LogP contribution in [-0.4, -0.2) is 7.05 Å². The number of rotatable bonds is 3. The molecule has 3 nitrogen and oxygen atoms in total. The van der Waals surface area contributed by atoms with Gasteiger partial charge in [-0.15, -0.1) is 0 Å². The van der Waals surface area contributed by atoms with Gasteiger partial charge in [-0.1, -0.05) is 6.07 Å². The summed E-state index contributed by atoms with van der Waals surface area (Å²) in [4.78, 5) is 2.13. The van der Waals surface area contributed by atoms with Crippen molar-refractivity contribution in [3.8, 4) is 0 Å². The predicted molar refractivity (Wildman–Crippen MR) is 71.1 cm³/mol. The highest BCUT2D eigenvalue weighted by atomic mass is 16.3. The maximum absolute atomic E-state index is 6.02. The predicted octanol–water partition coefficient (Wildman–Crippen LogP) is 3.12. The number of benzene rings is 1. The molecule has 1 aromatic carbocycles. The van der Waals surface area contributed by atoms with Gasteiger partial charge in [0.1, 0.15) is 5.76 Å². The topological polar surface area (TPSA) is 42.4 Å². The third kappa shape index (κ3) is 2.44. The first-order chi connectivity index (χ1) is 8.08. The van der Waals surface area contributed by atoms with Gasteiger partial charge < -0.3 is 15.1 Å². The van der Waals surface area contributed by atoms with Crippen molar-refractivity contribution in [1.29, 1.82) is 0 Å². The van der Waals surface area contributed by atoms with Crippen LogP contribution in [0.2, 0.25) is 0 Å². The van der Waals surface area contributed by atoms with E-state index in [4.69, 9.17) is 10.2 Å². The van der Waals surface area contributed by atoms with E-state index in [2.05, 4.69) is 17.0 Å². The molecular weight excluding hydrogens is 212 g/mol. The maximum Gasteiger partial charge on any atom is 0.105 e. The number of nitrogens with two attached hydrogens (primary N) is 1. The smallest absolute Gasteiger partial charge is 0.105 e. The molecule has 3 heteroatoms. The van der Waals surface area contributed by atoms with Gasteiger partial charge in [0, 0.05) is 19.2 Å². The lowest BCUT2D eigenvalue weighted by molar-refractivity contribution is 0.529. The molecule has 2 aromatic rings. The second kappa shape index (κ2) is 4.53. The molecule has 0 aliphatic heterocycles. The van der Waals surface area contributed by atoms with E-state index >= 15 is 0 Å². The van der Waals surface area contributed by atoms with E-state index in [1.807, 2.05) is 33.0 Å². The Kier molecular flexibility index (Phi) is 3.09. The minimum absolute atomic E-state index is 0.801. The first-order valence-corrected chi connectivity index (χ1v) is 5.68.